The van der Waals surface area contributed by atoms with Crippen LogP contribution in [0, 0.1) is 0 Å². The molecule has 0 spiro atoms. The summed E-state index contributed by atoms with van der Waals surface area (Å²) in [5, 5.41) is 3.64. The zero-order valence-electron chi connectivity index (χ0n) is 8.83. The molecule has 0 fully saturated rings. The number of amides is 1. The van der Waals surface area contributed by atoms with E-state index >= 15 is 0 Å². The molecule has 90 valence electrons. The van der Waals surface area contributed by atoms with E-state index in [4.69, 9.17) is 5.73 Å². The van der Waals surface area contributed by atoms with E-state index < -0.39 is 21.8 Å². The van der Waals surface area contributed by atoms with Gasteiger partial charge in [-0.05, 0) is 18.2 Å². The van der Waals surface area contributed by atoms with E-state index in [9.17, 15) is 13.2 Å². The molecule has 1 aromatic heterocycles. The van der Waals surface area contributed by atoms with Crippen LogP contribution in [-0.4, -0.2) is 31.1 Å². The number of sulfone groups is 1. The molecular formula is C10H11N3O3S. The number of carbonyl (C=O) groups is 1. The average molecular weight is 253 g/mol. The Morgan fingerprint density at radius 2 is 2.29 bits per heavy atom. The smallest absolute Gasteiger partial charge is 0.272 e. The van der Waals surface area contributed by atoms with Gasteiger partial charge in [0, 0.05) is 11.6 Å². The summed E-state index contributed by atoms with van der Waals surface area (Å²) in [7, 11) is -3.18. The minimum atomic E-state index is -3.18. The molecule has 1 aromatic rings. The van der Waals surface area contributed by atoms with Gasteiger partial charge in [0.25, 0.3) is 5.91 Å². The van der Waals surface area contributed by atoms with Crippen molar-refractivity contribution in [1.29, 1.82) is 0 Å². The largest absolute Gasteiger partial charge is 0.397 e. The first-order valence-corrected chi connectivity index (χ1v) is 6.62. The molecule has 0 aliphatic carbocycles. The van der Waals surface area contributed by atoms with Crippen molar-refractivity contribution in [1.82, 2.24) is 10.3 Å². The molecule has 0 aromatic carbocycles. The van der Waals surface area contributed by atoms with Gasteiger partial charge in [0.1, 0.15) is 0 Å². The van der Waals surface area contributed by atoms with Crippen LogP contribution in [-0.2, 0) is 9.84 Å². The maximum atomic E-state index is 11.8. The minimum Gasteiger partial charge on any atom is -0.397 e. The third kappa shape index (κ3) is 2.62. The van der Waals surface area contributed by atoms with Gasteiger partial charge in [0.2, 0.25) is 0 Å². The van der Waals surface area contributed by atoms with Crippen LogP contribution in [0.4, 0.5) is 5.69 Å². The predicted octanol–water partition coefficient (Wildman–Crippen LogP) is -0.296. The number of nitrogen functional groups attached to an aromatic ring is 1. The second-order valence-corrected chi connectivity index (χ2v) is 5.61. The lowest BCUT2D eigenvalue weighted by molar-refractivity contribution is 0.0943. The molecule has 0 radical (unpaired) electrons. The Morgan fingerprint density at radius 1 is 1.53 bits per heavy atom. The SMILES string of the molecule is Nc1cccnc1C(=O)NC1C=CS(=O)(=O)C1. The highest BCUT2D eigenvalue weighted by Crippen LogP contribution is 2.11. The van der Waals surface area contributed by atoms with Crippen molar-refractivity contribution in [2.45, 2.75) is 6.04 Å². The second-order valence-electron chi connectivity index (χ2n) is 3.68. The van der Waals surface area contributed by atoms with Crippen LogP contribution in [0.2, 0.25) is 0 Å². The maximum Gasteiger partial charge on any atom is 0.272 e. The second kappa shape index (κ2) is 4.17. The Labute approximate surface area is 98.5 Å². The fraction of sp³-hybridized carbons (Fsp3) is 0.200. The van der Waals surface area contributed by atoms with Crippen molar-refractivity contribution < 1.29 is 13.2 Å². The first-order valence-electron chi connectivity index (χ1n) is 4.90. The molecule has 2 heterocycles. The van der Waals surface area contributed by atoms with E-state index in [2.05, 4.69) is 10.3 Å². The van der Waals surface area contributed by atoms with E-state index in [-0.39, 0.29) is 17.1 Å². The monoisotopic (exact) mass is 253 g/mol. The van der Waals surface area contributed by atoms with Crippen LogP contribution in [0.1, 0.15) is 10.5 Å². The highest BCUT2D eigenvalue weighted by molar-refractivity contribution is 7.94. The number of pyridine rings is 1. The van der Waals surface area contributed by atoms with E-state index in [0.29, 0.717) is 0 Å². The zero-order valence-corrected chi connectivity index (χ0v) is 9.65. The van der Waals surface area contributed by atoms with Gasteiger partial charge in [-0.1, -0.05) is 0 Å². The first-order chi connectivity index (χ1) is 7.98. The lowest BCUT2D eigenvalue weighted by Gasteiger charge is -2.10. The lowest BCUT2D eigenvalue weighted by atomic mass is 10.2. The minimum absolute atomic E-state index is 0.102. The Balaban J connectivity index is 2.09. The fourth-order valence-electron chi connectivity index (χ4n) is 1.51. The average Bonchev–Trinajstić information content (AvgIpc) is 2.58. The van der Waals surface area contributed by atoms with Gasteiger partial charge in [-0.25, -0.2) is 13.4 Å². The Hall–Kier alpha value is -1.89. The summed E-state index contributed by atoms with van der Waals surface area (Å²) in [5.74, 6) is -0.597. The quantitative estimate of drug-likeness (QED) is 0.753. The molecule has 0 saturated carbocycles. The summed E-state index contributed by atoms with van der Waals surface area (Å²) in [6.45, 7) is 0. The van der Waals surface area contributed by atoms with Gasteiger partial charge in [0.15, 0.2) is 15.5 Å². The molecule has 0 saturated heterocycles. The molecule has 1 atom stereocenters. The van der Waals surface area contributed by atoms with E-state index in [1.54, 1.807) is 12.1 Å². The molecule has 2 rings (SSSR count). The summed E-state index contributed by atoms with van der Waals surface area (Å²) in [4.78, 5) is 15.6. The number of nitrogens with one attached hydrogen (secondary N) is 1. The van der Waals surface area contributed by atoms with Crippen LogP contribution < -0.4 is 11.1 Å². The summed E-state index contributed by atoms with van der Waals surface area (Å²) in [5.41, 5.74) is 5.95. The number of aromatic nitrogens is 1. The lowest BCUT2D eigenvalue weighted by Crippen LogP contribution is -2.36. The highest BCUT2D eigenvalue weighted by Gasteiger charge is 2.24. The molecule has 0 bridgehead atoms. The number of hydrogen-bond donors (Lipinski definition) is 2. The summed E-state index contributed by atoms with van der Waals surface area (Å²) in [6, 6.07) is 2.66. The van der Waals surface area contributed by atoms with Crippen molar-refractivity contribution >= 4 is 21.4 Å². The molecule has 1 aliphatic rings. The standard InChI is InChI=1S/C10H11N3O3S/c11-8-2-1-4-12-9(8)10(14)13-7-3-5-17(15,16)6-7/h1-5,7H,6,11H2,(H,13,14). The molecule has 3 N–H and O–H groups in total. The van der Waals surface area contributed by atoms with Gasteiger partial charge >= 0.3 is 0 Å². The molecule has 7 heteroatoms. The molecular weight excluding hydrogens is 242 g/mol. The van der Waals surface area contributed by atoms with Gasteiger partial charge in [-0.3, -0.25) is 4.79 Å². The Bertz CT molecular complexity index is 580. The van der Waals surface area contributed by atoms with Crippen molar-refractivity contribution in [2.75, 3.05) is 11.5 Å². The first kappa shape index (κ1) is 11.6. The van der Waals surface area contributed by atoms with E-state index in [1.807, 2.05) is 0 Å². The van der Waals surface area contributed by atoms with Gasteiger partial charge in [0.05, 0.1) is 17.5 Å². The topological polar surface area (TPSA) is 102 Å². The van der Waals surface area contributed by atoms with Crippen molar-refractivity contribution in [3.63, 3.8) is 0 Å². The molecule has 1 aliphatic heterocycles. The zero-order chi connectivity index (χ0) is 12.5. The van der Waals surface area contributed by atoms with Crippen LogP contribution >= 0.6 is 0 Å². The van der Waals surface area contributed by atoms with Crippen molar-refractivity contribution in [3.05, 3.63) is 35.5 Å². The number of rotatable bonds is 2. The number of nitrogens with zero attached hydrogens (tertiary/aromatic N) is 1. The third-order valence-electron chi connectivity index (χ3n) is 2.30. The molecule has 1 unspecified atom stereocenters. The summed E-state index contributed by atoms with van der Waals surface area (Å²) >= 11 is 0. The van der Waals surface area contributed by atoms with Crippen LogP contribution in [0.25, 0.3) is 0 Å². The Morgan fingerprint density at radius 3 is 2.88 bits per heavy atom. The normalized spacial score (nSPS) is 21.3. The van der Waals surface area contributed by atoms with E-state index in [1.165, 1.54) is 12.3 Å². The predicted molar refractivity (Wildman–Crippen MR) is 62.8 cm³/mol. The number of anilines is 1. The third-order valence-corrected chi connectivity index (χ3v) is 3.70. The van der Waals surface area contributed by atoms with Crippen molar-refractivity contribution in [3.8, 4) is 0 Å². The fourth-order valence-corrected chi connectivity index (χ4v) is 2.75. The van der Waals surface area contributed by atoms with Crippen molar-refractivity contribution in [2.24, 2.45) is 0 Å². The number of nitrogens with two attached hydrogens (primary N) is 1. The molecule has 17 heavy (non-hydrogen) atoms. The van der Waals surface area contributed by atoms with Crippen LogP contribution in [0.3, 0.4) is 0 Å². The summed E-state index contributed by atoms with van der Waals surface area (Å²) in [6.07, 6.45) is 2.89. The molecule has 6 nitrogen and oxygen atoms in total. The number of carbonyl (C=O) groups excluding carboxylic acids is 1. The van der Waals surface area contributed by atoms with Gasteiger partial charge in [-0.2, -0.15) is 0 Å². The maximum absolute atomic E-state index is 11.8. The van der Waals surface area contributed by atoms with Crippen LogP contribution in [0.5, 0.6) is 0 Å². The van der Waals surface area contributed by atoms with Crippen LogP contribution in [0.15, 0.2) is 29.8 Å². The molecule has 1 amide bonds. The van der Waals surface area contributed by atoms with Gasteiger partial charge in [-0.15, -0.1) is 0 Å². The summed E-state index contributed by atoms with van der Waals surface area (Å²) < 4.78 is 22.3. The Kier molecular flexibility index (Phi) is 2.84. The number of hydrogen-bond acceptors (Lipinski definition) is 5. The van der Waals surface area contributed by atoms with Gasteiger partial charge < -0.3 is 11.1 Å². The van der Waals surface area contributed by atoms with E-state index in [0.717, 1.165) is 5.41 Å². The highest BCUT2D eigenvalue weighted by atomic mass is 32.2.